The third-order valence-electron chi connectivity index (χ3n) is 7.07. The highest BCUT2D eigenvalue weighted by Crippen LogP contribution is 2.49. The molecule has 0 aromatic heterocycles. The lowest BCUT2D eigenvalue weighted by Gasteiger charge is -2.46. The SMILES string of the molecule is [2H]C([2H])([2H])C(=O)OC[C@H]1O[C@@H](O[C@@H]2OC=C(C(=O)OC)[C@H]3C[C@H](OC(C)=O)[C@H](C)[C@@H]23)[C@H](OC(C)=O)[C@@H](OC(C)=O)[C@@H]1OC(C)=O. The van der Waals surface area contributed by atoms with E-state index in [2.05, 4.69) is 0 Å². The summed E-state index contributed by atoms with van der Waals surface area (Å²) in [4.78, 5) is 72.8. The average molecular weight is 604 g/mol. The summed E-state index contributed by atoms with van der Waals surface area (Å²) < 4.78 is 71.1. The van der Waals surface area contributed by atoms with Crippen LogP contribution in [0.4, 0.5) is 0 Å². The minimum absolute atomic E-state index is 0.159. The number of esters is 6. The van der Waals surface area contributed by atoms with E-state index >= 15 is 0 Å². The standard InChI is InChI=1S/C27H36O15/c1-11-19(37-13(3)29)8-17-18(25(33)34-7)9-36-26(21(11)17)42-27-24(40-16(6)32)23(39-15(5)31)22(38-14(4)30)20(41-27)10-35-12(2)28/h9,11,17,19-24,26-27H,8,10H2,1-7H3/t11-,17+,19-,20+,21+,22+,23-,24+,26-,27-/m0/s1/i2D3. The minimum Gasteiger partial charge on any atom is -0.472 e. The van der Waals surface area contributed by atoms with Gasteiger partial charge in [-0.1, -0.05) is 6.92 Å². The Labute approximate surface area is 246 Å². The molecule has 0 N–H and O–H groups in total. The van der Waals surface area contributed by atoms with Crippen LogP contribution in [0.15, 0.2) is 11.8 Å². The molecule has 3 rings (SSSR count). The number of carbonyl (C=O) groups excluding carboxylic acids is 6. The summed E-state index contributed by atoms with van der Waals surface area (Å²) in [5, 5.41) is 0. The van der Waals surface area contributed by atoms with Gasteiger partial charge in [0.2, 0.25) is 12.6 Å². The second kappa shape index (κ2) is 14.0. The summed E-state index contributed by atoms with van der Waals surface area (Å²) in [6, 6.07) is 0. The molecule has 2 heterocycles. The molecule has 10 atom stereocenters. The number of hydrogen-bond donors (Lipinski definition) is 0. The van der Waals surface area contributed by atoms with Crippen LogP contribution in [0.3, 0.4) is 0 Å². The Morgan fingerprint density at radius 3 is 2.02 bits per heavy atom. The van der Waals surface area contributed by atoms with Gasteiger partial charge in [-0.05, 0) is 6.42 Å². The first kappa shape index (κ1) is 28.4. The largest absolute Gasteiger partial charge is 0.472 e. The topological polar surface area (TPSA) is 185 Å². The summed E-state index contributed by atoms with van der Waals surface area (Å²) in [7, 11) is 1.19. The van der Waals surface area contributed by atoms with E-state index in [-0.39, 0.29) is 12.0 Å². The van der Waals surface area contributed by atoms with Crippen LogP contribution in [0.5, 0.6) is 0 Å². The van der Waals surface area contributed by atoms with Gasteiger partial charge in [0.05, 0.1) is 18.9 Å². The summed E-state index contributed by atoms with van der Waals surface area (Å²) >= 11 is 0. The number of rotatable bonds is 9. The van der Waals surface area contributed by atoms with Gasteiger partial charge in [-0.2, -0.15) is 0 Å². The Morgan fingerprint density at radius 1 is 0.857 bits per heavy atom. The van der Waals surface area contributed by atoms with Gasteiger partial charge < -0.3 is 42.6 Å². The monoisotopic (exact) mass is 603 g/mol. The molecule has 0 amide bonds. The summed E-state index contributed by atoms with van der Waals surface area (Å²) in [5.74, 6) is -7.17. The smallest absolute Gasteiger partial charge is 0.337 e. The molecule has 1 aliphatic carbocycles. The van der Waals surface area contributed by atoms with E-state index in [4.69, 9.17) is 46.7 Å². The number of fused-ring (bicyclic) bond motifs is 1. The van der Waals surface area contributed by atoms with Crippen molar-refractivity contribution in [1.82, 2.24) is 0 Å². The number of carbonyl (C=O) groups is 6. The minimum atomic E-state index is -3.14. The van der Waals surface area contributed by atoms with Crippen LogP contribution in [0.1, 0.15) is 52.0 Å². The second-order valence-corrected chi connectivity index (χ2v) is 10.00. The summed E-state index contributed by atoms with van der Waals surface area (Å²) in [6.07, 6.45) is -8.49. The molecule has 42 heavy (non-hydrogen) atoms. The van der Waals surface area contributed by atoms with E-state index in [9.17, 15) is 28.8 Å². The van der Waals surface area contributed by atoms with E-state index in [1.165, 1.54) is 14.0 Å². The van der Waals surface area contributed by atoms with Crippen molar-refractivity contribution in [1.29, 1.82) is 0 Å². The molecule has 0 bridgehead atoms. The van der Waals surface area contributed by atoms with Gasteiger partial charge >= 0.3 is 35.8 Å². The number of hydrogen-bond acceptors (Lipinski definition) is 15. The first-order valence-corrected chi connectivity index (χ1v) is 13.0. The first-order valence-electron chi connectivity index (χ1n) is 14.5. The molecule has 234 valence electrons. The van der Waals surface area contributed by atoms with Gasteiger partial charge in [0.25, 0.3) is 0 Å². The third-order valence-corrected chi connectivity index (χ3v) is 7.07. The predicted molar refractivity (Wildman–Crippen MR) is 134 cm³/mol. The number of methoxy groups -OCH3 is 1. The van der Waals surface area contributed by atoms with Crippen LogP contribution in [0, 0.1) is 17.8 Å². The molecule has 3 aliphatic rings. The molecular weight excluding hydrogens is 564 g/mol. The van der Waals surface area contributed by atoms with Gasteiger partial charge in [0, 0.05) is 56.4 Å². The van der Waals surface area contributed by atoms with Crippen LogP contribution in [-0.2, 0) is 71.4 Å². The quantitative estimate of drug-likeness (QED) is 0.265. The molecule has 15 heteroatoms. The zero-order chi connectivity index (χ0) is 33.8. The van der Waals surface area contributed by atoms with Crippen molar-refractivity contribution in [3.05, 3.63) is 11.8 Å². The highest BCUT2D eigenvalue weighted by molar-refractivity contribution is 5.89. The molecule has 0 spiro atoms. The van der Waals surface area contributed by atoms with Crippen LogP contribution >= 0.6 is 0 Å². The van der Waals surface area contributed by atoms with E-state index in [1.54, 1.807) is 6.92 Å². The van der Waals surface area contributed by atoms with Crippen molar-refractivity contribution in [2.75, 3.05) is 13.7 Å². The summed E-state index contributed by atoms with van der Waals surface area (Å²) in [5.41, 5.74) is 0.159. The lowest BCUT2D eigenvalue weighted by atomic mass is 9.83. The van der Waals surface area contributed by atoms with Crippen molar-refractivity contribution in [3.8, 4) is 0 Å². The zero-order valence-electron chi connectivity index (χ0n) is 26.9. The normalized spacial score (nSPS) is 34.9. The molecule has 2 aliphatic heterocycles. The maximum Gasteiger partial charge on any atom is 0.337 e. The Bertz CT molecular complexity index is 1200. The van der Waals surface area contributed by atoms with E-state index < -0.39 is 110 Å². The molecule has 0 aromatic carbocycles. The fourth-order valence-corrected chi connectivity index (χ4v) is 5.52. The fourth-order valence-electron chi connectivity index (χ4n) is 5.52. The van der Waals surface area contributed by atoms with Crippen LogP contribution in [0.25, 0.3) is 0 Å². The zero-order valence-corrected chi connectivity index (χ0v) is 23.9. The molecule has 1 saturated carbocycles. The summed E-state index contributed by atoms with van der Waals surface area (Å²) in [6.45, 7) is 2.16. The lowest BCUT2D eigenvalue weighted by Crippen LogP contribution is -2.63. The van der Waals surface area contributed by atoms with Gasteiger partial charge in [-0.25, -0.2) is 4.79 Å². The van der Waals surface area contributed by atoms with Crippen LogP contribution < -0.4 is 0 Å². The predicted octanol–water partition coefficient (Wildman–Crippen LogP) is 0.703. The fraction of sp³-hybridized carbons (Fsp3) is 0.704. The highest BCUT2D eigenvalue weighted by Gasteiger charge is 2.57. The van der Waals surface area contributed by atoms with E-state index in [0.717, 1.165) is 27.0 Å². The third kappa shape index (κ3) is 7.76. The Balaban J connectivity index is 2.03. The van der Waals surface area contributed by atoms with Crippen molar-refractivity contribution >= 4 is 35.8 Å². The van der Waals surface area contributed by atoms with Crippen LogP contribution in [-0.4, -0.2) is 92.6 Å². The Kier molecular flexibility index (Phi) is 9.44. The van der Waals surface area contributed by atoms with E-state index in [0.29, 0.717) is 0 Å². The molecule has 0 radical (unpaired) electrons. The lowest BCUT2D eigenvalue weighted by molar-refractivity contribution is -0.345. The molecule has 2 fully saturated rings. The van der Waals surface area contributed by atoms with Crippen molar-refractivity contribution < 1.29 is 75.5 Å². The first-order chi connectivity index (χ1) is 20.9. The average Bonchev–Trinajstić information content (AvgIpc) is 3.24. The second-order valence-electron chi connectivity index (χ2n) is 10.00. The van der Waals surface area contributed by atoms with Crippen molar-refractivity contribution in [2.45, 2.75) is 91.0 Å². The van der Waals surface area contributed by atoms with Crippen molar-refractivity contribution in [3.63, 3.8) is 0 Å². The van der Waals surface area contributed by atoms with Gasteiger partial charge in [0.15, 0.2) is 18.3 Å². The van der Waals surface area contributed by atoms with Crippen molar-refractivity contribution in [2.24, 2.45) is 17.8 Å². The molecule has 1 saturated heterocycles. The Hall–Kier alpha value is -3.72. The van der Waals surface area contributed by atoms with Gasteiger partial charge in [-0.3, -0.25) is 24.0 Å². The van der Waals surface area contributed by atoms with Gasteiger partial charge in [-0.15, -0.1) is 0 Å². The highest BCUT2D eigenvalue weighted by atomic mass is 16.8. The molecule has 15 nitrogen and oxygen atoms in total. The maximum atomic E-state index is 12.6. The Morgan fingerprint density at radius 2 is 1.45 bits per heavy atom. The molecular formula is C27H36O15. The molecule has 0 unspecified atom stereocenters. The number of ether oxygens (including phenoxy) is 9. The van der Waals surface area contributed by atoms with Crippen LogP contribution in [0.2, 0.25) is 0 Å². The maximum absolute atomic E-state index is 12.6. The van der Waals surface area contributed by atoms with Gasteiger partial charge in [0.1, 0.15) is 18.8 Å². The van der Waals surface area contributed by atoms with E-state index in [1.807, 2.05) is 0 Å². The molecule has 0 aromatic rings.